The second-order valence-corrected chi connectivity index (χ2v) is 5.39. The van der Waals surface area contributed by atoms with Gasteiger partial charge in [0.05, 0.1) is 11.9 Å². The van der Waals surface area contributed by atoms with Gasteiger partial charge in [0, 0.05) is 12.1 Å². The summed E-state index contributed by atoms with van der Waals surface area (Å²) in [5.74, 6) is -5.93. The molecular formula is C10H6F3N3O4S. The van der Waals surface area contributed by atoms with Crippen molar-refractivity contribution in [3.63, 3.8) is 0 Å². The molecule has 0 fully saturated rings. The second-order valence-electron chi connectivity index (χ2n) is 3.77. The lowest BCUT2D eigenvalue weighted by Gasteiger charge is -2.08. The maximum Gasteiger partial charge on any atom is 0.340 e. The van der Waals surface area contributed by atoms with E-state index in [1.807, 2.05) is 5.10 Å². The fourth-order valence-electron chi connectivity index (χ4n) is 1.43. The molecule has 0 radical (unpaired) electrons. The molecule has 0 spiro atoms. The smallest absolute Gasteiger partial charge is 0.340 e. The molecule has 0 saturated heterocycles. The summed E-state index contributed by atoms with van der Waals surface area (Å²) in [4.78, 5) is 10.8. The molecule has 7 nitrogen and oxygen atoms in total. The first-order chi connectivity index (χ1) is 9.72. The molecule has 2 rings (SSSR count). The molecule has 112 valence electrons. The molecule has 21 heavy (non-hydrogen) atoms. The number of halogens is 3. The number of hydrogen-bond acceptors (Lipinski definition) is 4. The molecule has 0 aliphatic rings. The Kier molecular flexibility index (Phi) is 3.60. The van der Waals surface area contributed by atoms with E-state index in [0.29, 0.717) is 6.07 Å². The lowest BCUT2D eigenvalue weighted by molar-refractivity contribution is 0.0692. The van der Waals surface area contributed by atoms with Gasteiger partial charge in [0.15, 0.2) is 16.7 Å². The number of carbonyl (C=O) groups is 1. The van der Waals surface area contributed by atoms with Crippen molar-refractivity contribution in [2.75, 3.05) is 4.72 Å². The Balaban J connectivity index is 2.45. The molecule has 0 saturated carbocycles. The number of rotatable bonds is 4. The van der Waals surface area contributed by atoms with Crippen molar-refractivity contribution in [3.05, 3.63) is 41.3 Å². The molecule has 0 amide bonds. The first-order valence-electron chi connectivity index (χ1n) is 5.16. The van der Waals surface area contributed by atoms with E-state index in [1.165, 1.54) is 0 Å². The highest BCUT2D eigenvalue weighted by Crippen LogP contribution is 2.22. The number of carboxylic acids is 1. The van der Waals surface area contributed by atoms with E-state index in [-0.39, 0.29) is 6.07 Å². The minimum Gasteiger partial charge on any atom is -0.478 e. The highest BCUT2D eigenvalue weighted by atomic mass is 32.2. The van der Waals surface area contributed by atoms with Crippen LogP contribution in [0.5, 0.6) is 0 Å². The van der Waals surface area contributed by atoms with Crippen LogP contribution in [0.2, 0.25) is 0 Å². The molecule has 3 N–H and O–H groups in total. The van der Waals surface area contributed by atoms with Crippen LogP contribution < -0.4 is 4.72 Å². The third kappa shape index (κ3) is 2.81. The van der Waals surface area contributed by atoms with Crippen molar-refractivity contribution in [1.82, 2.24) is 10.2 Å². The number of aromatic nitrogens is 2. The number of H-pyrrole nitrogens is 1. The predicted molar refractivity (Wildman–Crippen MR) is 62.7 cm³/mol. The van der Waals surface area contributed by atoms with Crippen LogP contribution in [-0.2, 0) is 10.0 Å². The van der Waals surface area contributed by atoms with E-state index in [2.05, 4.69) is 5.10 Å². The topological polar surface area (TPSA) is 112 Å². The van der Waals surface area contributed by atoms with Crippen molar-refractivity contribution in [2.45, 2.75) is 5.03 Å². The fourth-order valence-corrected chi connectivity index (χ4v) is 2.58. The summed E-state index contributed by atoms with van der Waals surface area (Å²) in [5.41, 5.74) is -1.56. The van der Waals surface area contributed by atoms with E-state index < -0.39 is 49.7 Å². The van der Waals surface area contributed by atoms with Crippen molar-refractivity contribution >= 4 is 21.7 Å². The first-order valence-corrected chi connectivity index (χ1v) is 6.64. The van der Waals surface area contributed by atoms with Crippen LogP contribution in [0.3, 0.4) is 0 Å². The number of hydrogen-bond donors (Lipinski definition) is 3. The van der Waals surface area contributed by atoms with Crippen LogP contribution in [0.1, 0.15) is 10.4 Å². The summed E-state index contributed by atoms with van der Waals surface area (Å²) in [5, 5.41) is 13.1. The third-order valence-corrected chi connectivity index (χ3v) is 3.70. The lowest BCUT2D eigenvalue weighted by Crippen LogP contribution is -2.17. The van der Waals surface area contributed by atoms with Gasteiger partial charge in [0.25, 0.3) is 10.0 Å². The number of aromatic carboxylic acids is 1. The number of sulfonamides is 1. The van der Waals surface area contributed by atoms with Gasteiger partial charge >= 0.3 is 5.97 Å². The maximum atomic E-state index is 13.4. The Labute approximate surface area is 115 Å². The molecule has 0 aliphatic heterocycles. The second kappa shape index (κ2) is 5.09. The number of nitrogens with one attached hydrogen (secondary N) is 2. The molecule has 11 heteroatoms. The normalized spacial score (nSPS) is 11.4. The Bertz CT molecular complexity index is 819. The van der Waals surface area contributed by atoms with E-state index in [9.17, 15) is 26.4 Å². The molecule has 2 aromatic rings. The largest absolute Gasteiger partial charge is 0.478 e. The van der Waals surface area contributed by atoms with Crippen LogP contribution in [-0.4, -0.2) is 29.7 Å². The van der Waals surface area contributed by atoms with Crippen LogP contribution in [0.25, 0.3) is 0 Å². The SMILES string of the molecule is O=C(O)c1cn[nH]c1S(=O)(=O)Nc1cc(F)c(F)cc1F. The van der Waals surface area contributed by atoms with Crippen LogP contribution >= 0.6 is 0 Å². The van der Waals surface area contributed by atoms with Crippen molar-refractivity contribution in [1.29, 1.82) is 0 Å². The Morgan fingerprint density at radius 1 is 1.19 bits per heavy atom. The van der Waals surface area contributed by atoms with E-state index in [4.69, 9.17) is 5.11 Å². The summed E-state index contributed by atoms with van der Waals surface area (Å²) in [6.45, 7) is 0. The minimum absolute atomic E-state index is 0.151. The molecule has 0 bridgehead atoms. The lowest BCUT2D eigenvalue weighted by atomic mass is 10.3. The highest BCUT2D eigenvalue weighted by Gasteiger charge is 2.26. The Morgan fingerprint density at radius 2 is 1.81 bits per heavy atom. The van der Waals surface area contributed by atoms with Gasteiger partial charge in [-0.05, 0) is 0 Å². The highest BCUT2D eigenvalue weighted by molar-refractivity contribution is 7.92. The number of carboxylic acid groups (broad SMARTS) is 1. The average Bonchev–Trinajstić information content (AvgIpc) is 2.85. The van der Waals surface area contributed by atoms with E-state index >= 15 is 0 Å². The summed E-state index contributed by atoms with van der Waals surface area (Å²) in [6.07, 6.45) is 0.735. The minimum atomic E-state index is -4.58. The zero-order valence-corrected chi connectivity index (χ0v) is 10.7. The van der Waals surface area contributed by atoms with E-state index in [0.717, 1.165) is 6.20 Å². The summed E-state index contributed by atoms with van der Waals surface area (Å²) >= 11 is 0. The monoisotopic (exact) mass is 321 g/mol. The van der Waals surface area contributed by atoms with Crippen molar-refractivity contribution < 1.29 is 31.5 Å². The maximum absolute atomic E-state index is 13.4. The summed E-state index contributed by atoms with van der Waals surface area (Å²) < 4.78 is 64.6. The van der Waals surface area contributed by atoms with Gasteiger partial charge in [0.2, 0.25) is 0 Å². The van der Waals surface area contributed by atoms with Gasteiger partial charge in [-0.15, -0.1) is 0 Å². The molecule has 1 aromatic heterocycles. The third-order valence-electron chi connectivity index (χ3n) is 2.36. The van der Waals surface area contributed by atoms with Gasteiger partial charge in [-0.1, -0.05) is 0 Å². The Morgan fingerprint density at radius 3 is 2.43 bits per heavy atom. The fraction of sp³-hybridized carbons (Fsp3) is 0. The standard InChI is InChI=1S/C10H6F3N3O4S/c11-5-1-7(13)8(2-6(5)12)16-21(19,20)9-4(10(17)18)3-14-15-9/h1-3,16H,(H,14,15)(H,17,18). The summed E-state index contributed by atoms with van der Waals surface area (Å²) in [6, 6.07) is 0.442. The molecule has 0 unspecified atom stereocenters. The van der Waals surface area contributed by atoms with Gasteiger partial charge in [0.1, 0.15) is 11.4 Å². The van der Waals surface area contributed by atoms with Gasteiger partial charge in [-0.3, -0.25) is 9.82 Å². The summed E-state index contributed by atoms with van der Waals surface area (Å²) in [7, 11) is -4.58. The zero-order chi connectivity index (χ0) is 15.8. The molecule has 0 aliphatic carbocycles. The van der Waals surface area contributed by atoms with Crippen LogP contribution in [0, 0.1) is 17.5 Å². The average molecular weight is 321 g/mol. The quantitative estimate of drug-likeness (QED) is 0.735. The predicted octanol–water partition coefficient (Wildman–Crippen LogP) is 1.33. The van der Waals surface area contributed by atoms with Crippen LogP contribution in [0.15, 0.2) is 23.4 Å². The van der Waals surface area contributed by atoms with Crippen molar-refractivity contribution in [2.24, 2.45) is 0 Å². The van der Waals surface area contributed by atoms with Gasteiger partial charge < -0.3 is 5.11 Å². The van der Waals surface area contributed by atoms with Gasteiger partial charge in [-0.2, -0.15) is 13.5 Å². The number of nitrogens with zero attached hydrogens (tertiary/aromatic N) is 1. The molecule has 1 aromatic carbocycles. The number of anilines is 1. The zero-order valence-electron chi connectivity index (χ0n) is 9.89. The van der Waals surface area contributed by atoms with Crippen LogP contribution in [0.4, 0.5) is 18.9 Å². The Hall–Kier alpha value is -2.56. The molecular weight excluding hydrogens is 315 g/mol. The van der Waals surface area contributed by atoms with Gasteiger partial charge in [-0.25, -0.2) is 18.0 Å². The molecule has 0 atom stereocenters. The molecule has 1 heterocycles. The number of aromatic amines is 1. The number of benzene rings is 1. The van der Waals surface area contributed by atoms with Crippen molar-refractivity contribution in [3.8, 4) is 0 Å². The van der Waals surface area contributed by atoms with E-state index in [1.54, 1.807) is 4.72 Å². The first kappa shape index (κ1) is 14.8.